The van der Waals surface area contributed by atoms with E-state index in [0.717, 1.165) is 53.2 Å². The molecule has 1 amide bonds. The number of amides is 1. The van der Waals surface area contributed by atoms with Crippen molar-refractivity contribution in [3.63, 3.8) is 0 Å². The molecule has 0 bridgehead atoms. The first-order chi connectivity index (χ1) is 14.7. The number of benzene rings is 1. The maximum absolute atomic E-state index is 13.2. The molecule has 162 valence electrons. The molecular formula is C22H21NO5S3. The lowest BCUT2D eigenvalue weighted by Crippen LogP contribution is -2.56. The fraction of sp³-hybridized carbons (Fsp3) is 0.364. The second-order valence-corrected chi connectivity index (χ2v) is 10.6. The summed E-state index contributed by atoms with van der Waals surface area (Å²) >= 11 is 8.22. The number of methoxy groups -OCH3 is 2. The average molecular weight is 476 g/mol. The largest absolute Gasteiger partial charge is 0.465 e. The molecule has 0 spiro atoms. The number of anilines is 1. The zero-order valence-corrected chi connectivity index (χ0v) is 20.0. The molecule has 2 heterocycles. The zero-order chi connectivity index (χ0) is 22.5. The van der Waals surface area contributed by atoms with E-state index in [1.165, 1.54) is 14.2 Å². The van der Waals surface area contributed by atoms with Gasteiger partial charge in [0.1, 0.15) is 9.81 Å². The maximum atomic E-state index is 13.2. The molecule has 6 nitrogen and oxygen atoms in total. The van der Waals surface area contributed by atoms with Gasteiger partial charge in [0.05, 0.1) is 34.5 Å². The molecule has 0 aromatic heterocycles. The second-order valence-electron chi connectivity index (χ2n) is 7.86. The number of carbonyl (C=O) groups is 3. The van der Waals surface area contributed by atoms with Crippen LogP contribution >= 0.6 is 35.7 Å². The van der Waals surface area contributed by atoms with Crippen molar-refractivity contribution in [3.8, 4) is 0 Å². The lowest BCUT2D eigenvalue weighted by molar-refractivity contribution is -0.138. The topological polar surface area (TPSA) is 72.9 Å². The number of thiocarbonyl (C=S) groups is 1. The van der Waals surface area contributed by atoms with Gasteiger partial charge < -0.3 is 14.4 Å². The number of hydrogen-bond donors (Lipinski definition) is 0. The van der Waals surface area contributed by atoms with Crippen LogP contribution in [0.3, 0.4) is 0 Å². The number of carbonyl (C=O) groups excluding carboxylic acids is 3. The molecule has 0 saturated heterocycles. The van der Waals surface area contributed by atoms with Crippen LogP contribution < -0.4 is 4.90 Å². The Morgan fingerprint density at radius 1 is 1.03 bits per heavy atom. The molecule has 0 radical (unpaired) electrons. The van der Waals surface area contributed by atoms with E-state index in [9.17, 15) is 14.4 Å². The van der Waals surface area contributed by atoms with E-state index in [2.05, 4.69) is 0 Å². The minimum absolute atomic E-state index is 0.0399. The predicted octanol–water partition coefficient (Wildman–Crippen LogP) is 4.30. The van der Waals surface area contributed by atoms with Gasteiger partial charge in [-0.1, -0.05) is 53.9 Å². The van der Waals surface area contributed by atoms with Crippen LogP contribution in [0.5, 0.6) is 0 Å². The fourth-order valence-corrected chi connectivity index (χ4v) is 6.71. The first-order valence-corrected chi connectivity index (χ1v) is 11.8. The number of thioether (sulfide) groups is 2. The third kappa shape index (κ3) is 3.62. The zero-order valence-electron chi connectivity index (χ0n) is 17.5. The quantitative estimate of drug-likeness (QED) is 0.364. The third-order valence-electron chi connectivity index (χ3n) is 5.44. The van der Waals surface area contributed by atoms with Crippen molar-refractivity contribution in [1.29, 1.82) is 0 Å². The monoisotopic (exact) mass is 475 g/mol. The molecule has 1 aromatic carbocycles. The van der Waals surface area contributed by atoms with Gasteiger partial charge >= 0.3 is 11.9 Å². The Hall–Kier alpha value is -2.10. The number of esters is 2. The van der Waals surface area contributed by atoms with Crippen molar-refractivity contribution in [3.05, 3.63) is 43.9 Å². The average Bonchev–Trinajstić information content (AvgIpc) is 3.52. The number of hydrogen-bond acceptors (Lipinski definition) is 8. The molecule has 0 N–H and O–H groups in total. The van der Waals surface area contributed by atoms with Crippen molar-refractivity contribution in [2.24, 2.45) is 5.92 Å². The van der Waals surface area contributed by atoms with E-state index >= 15 is 0 Å². The van der Waals surface area contributed by atoms with Gasteiger partial charge in [-0.25, -0.2) is 9.59 Å². The lowest BCUT2D eigenvalue weighted by Gasteiger charge is -2.45. The van der Waals surface area contributed by atoms with Crippen molar-refractivity contribution in [2.75, 3.05) is 19.1 Å². The van der Waals surface area contributed by atoms with Crippen LogP contribution in [-0.2, 0) is 23.9 Å². The number of nitrogens with zero attached hydrogens (tertiary/aromatic N) is 1. The van der Waals surface area contributed by atoms with Gasteiger partial charge in [-0.05, 0) is 32.8 Å². The summed E-state index contributed by atoms with van der Waals surface area (Å²) in [5.41, 5.74) is 1.61. The highest BCUT2D eigenvalue weighted by Crippen LogP contribution is 2.56. The summed E-state index contributed by atoms with van der Waals surface area (Å²) in [5, 5.41) is 0. The molecule has 1 fully saturated rings. The Bertz CT molecular complexity index is 1050. The second kappa shape index (κ2) is 8.11. The lowest BCUT2D eigenvalue weighted by atomic mass is 9.83. The van der Waals surface area contributed by atoms with E-state index in [0.29, 0.717) is 9.10 Å². The number of fused-ring (bicyclic) bond motifs is 1. The molecule has 9 heteroatoms. The highest BCUT2D eigenvalue weighted by Gasteiger charge is 2.48. The maximum Gasteiger partial charge on any atom is 0.346 e. The fourth-order valence-electron chi connectivity index (χ4n) is 3.68. The molecule has 1 aliphatic carbocycles. The standard InChI is InChI=1S/C22H21NO5S3/c1-22(2)17(29)14(21-30-15(19(25)27-3)16(31-21)20(26)28-4)12-7-5-6-8-13(12)23(22)18(24)11-9-10-11/h5-8,11H,9-10H2,1-4H3. The number of rotatable bonds is 3. The smallest absolute Gasteiger partial charge is 0.346 e. The van der Waals surface area contributed by atoms with Crippen LogP contribution in [0.4, 0.5) is 5.69 Å². The Balaban J connectivity index is 1.87. The molecule has 0 unspecified atom stereocenters. The Morgan fingerprint density at radius 2 is 1.58 bits per heavy atom. The number of para-hydroxylation sites is 1. The summed E-state index contributed by atoms with van der Waals surface area (Å²) in [4.78, 5) is 40.6. The summed E-state index contributed by atoms with van der Waals surface area (Å²) in [7, 11) is 2.54. The van der Waals surface area contributed by atoms with Crippen molar-refractivity contribution < 1.29 is 23.9 Å². The minimum Gasteiger partial charge on any atom is -0.465 e. The van der Waals surface area contributed by atoms with Gasteiger partial charge in [0, 0.05) is 17.1 Å². The molecule has 3 aliphatic rings. The molecular weight excluding hydrogens is 454 g/mol. The van der Waals surface area contributed by atoms with Gasteiger partial charge in [-0.3, -0.25) is 4.79 Å². The molecule has 0 atom stereocenters. The molecule has 1 saturated carbocycles. The highest BCUT2D eigenvalue weighted by atomic mass is 32.2. The summed E-state index contributed by atoms with van der Waals surface area (Å²) in [5.74, 6) is -1.08. The van der Waals surface area contributed by atoms with E-state index in [4.69, 9.17) is 21.7 Å². The van der Waals surface area contributed by atoms with Gasteiger partial charge in [-0.2, -0.15) is 0 Å². The summed E-state index contributed by atoms with van der Waals surface area (Å²) in [6, 6.07) is 7.62. The van der Waals surface area contributed by atoms with Crippen LogP contribution in [-0.4, -0.2) is 42.5 Å². The predicted molar refractivity (Wildman–Crippen MR) is 126 cm³/mol. The molecule has 4 rings (SSSR count). The normalized spacial score (nSPS) is 20.0. The van der Waals surface area contributed by atoms with Crippen molar-refractivity contribution >= 4 is 69.7 Å². The molecule has 2 aliphatic heterocycles. The van der Waals surface area contributed by atoms with E-state index in [1.807, 2.05) is 43.0 Å². The van der Waals surface area contributed by atoms with Crippen LogP contribution in [0.15, 0.2) is 38.3 Å². The Morgan fingerprint density at radius 3 is 2.10 bits per heavy atom. The SMILES string of the molecule is COC(=O)C1=C(C(=O)OC)SC(=C2C(=S)C(C)(C)N(C(=O)C3CC3)c3ccccc32)S1. The van der Waals surface area contributed by atoms with Crippen molar-refractivity contribution in [1.82, 2.24) is 0 Å². The Kier molecular flexibility index (Phi) is 5.78. The Labute approximate surface area is 194 Å². The van der Waals surface area contributed by atoms with E-state index in [-0.39, 0.29) is 21.6 Å². The first-order valence-electron chi connectivity index (χ1n) is 9.71. The van der Waals surface area contributed by atoms with Gasteiger partial charge in [0.25, 0.3) is 0 Å². The molecule has 1 aromatic rings. The van der Waals surface area contributed by atoms with Crippen LogP contribution in [0.25, 0.3) is 5.57 Å². The van der Waals surface area contributed by atoms with Gasteiger partial charge in [0.2, 0.25) is 5.91 Å². The first kappa shape index (κ1) is 22.1. The van der Waals surface area contributed by atoms with Crippen LogP contribution in [0, 0.1) is 5.92 Å². The van der Waals surface area contributed by atoms with Gasteiger partial charge in [-0.15, -0.1) is 0 Å². The summed E-state index contributed by atoms with van der Waals surface area (Å²) < 4.78 is 10.4. The highest BCUT2D eigenvalue weighted by molar-refractivity contribution is 8.29. The number of ether oxygens (including phenoxy) is 2. The van der Waals surface area contributed by atoms with Crippen LogP contribution in [0.2, 0.25) is 0 Å². The third-order valence-corrected chi connectivity index (χ3v) is 8.71. The van der Waals surface area contributed by atoms with E-state index in [1.54, 1.807) is 0 Å². The van der Waals surface area contributed by atoms with Crippen LogP contribution in [0.1, 0.15) is 32.3 Å². The summed E-state index contributed by atoms with van der Waals surface area (Å²) in [6.07, 6.45) is 1.80. The summed E-state index contributed by atoms with van der Waals surface area (Å²) in [6.45, 7) is 3.87. The van der Waals surface area contributed by atoms with Gasteiger partial charge in [0.15, 0.2) is 0 Å². The minimum atomic E-state index is -0.744. The van der Waals surface area contributed by atoms with E-state index < -0.39 is 17.5 Å². The van der Waals surface area contributed by atoms with Crippen molar-refractivity contribution in [2.45, 2.75) is 32.2 Å². The molecule has 31 heavy (non-hydrogen) atoms.